The normalized spacial score (nSPS) is 26.6. The first kappa shape index (κ1) is 16.8. The van der Waals surface area contributed by atoms with Crippen LogP contribution >= 0.6 is 0 Å². The van der Waals surface area contributed by atoms with Crippen LogP contribution in [0.25, 0.3) is 0 Å². The Morgan fingerprint density at radius 2 is 1.77 bits per heavy atom. The van der Waals surface area contributed by atoms with E-state index in [1.165, 1.54) is 12.8 Å². The highest BCUT2D eigenvalue weighted by Crippen LogP contribution is 2.27. The number of carbonyl (C=O) groups is 3. The van der Waals surface area contributed by atoms with Gasteiger partial charge < -0.3 is 15.7 Å². The number of nitrogens with one attached hydrogen (secondary N) is 2. The van der Waals surface area contributed by atoms with E-state index in [1.807, 2.05) is 0 Å². The van der Waals surface area contributed by atoms with Crippen molar-refractivity contribution in [3.8, 4) is 0 Å². The topological polar surface area (TPSA) is 95.5 Å². The fraction of sp³-hybridized carbons (Fsp3) is 0.812. The molecule has 0 aliphatic heterocycles. The van der Waals surface area contributed by atoms with Crippen LogP contribution in [-0.4, -0.2) is 35.0 Å². The molecule has 0 spiro atoms. The number of hydrogen-bond acceptors (Lipinski definition) is 3. The molecule has 0 aromatic heterocycles. The van der Waals surface area contributed by atoms with Gasteiger partial charge in [-0.2, -0.15) is 0 Å². The molecule has 22 heavy (non-hydrogen) atoms. The Hall–Kier alpha value is -1.59. The summed E-state index contributed by atoms with van der Waals surface area (Å²) in [6.07, 6.45) is 7.14. The highest BCUT2D eigenvalue weighted by atomic mass is 16.4. The molecule has 0 aromatic rings. The molecule has 2 amide bonds. The third-order valence-electron chi connectivity index (χ3n) is 4.88. The minimum absolute atomic E-state index is 0.0873. The van der Waals surface area contributed by atoms with Crippen LogP contribution < -0.4 is 10.6 Å². The van der Waals surface area contributed by atoms with Crippen LogP contribution in [0, 0.1) is 11.8 Å². The van der Waals surface area contributed by atoms with Crippen molar-refractivity contribution in [2.45, 2.75) is 70.4 Å². The van der Waals surface area contributed by atoms with Crippen molar-refractivity contribution in [2.75, 3.05) is 0 Å². The van der Waals surface area contributed by atoms with Crippen LogP contribution in [0.3, 0.4) is 0 Å². The first-order valence-electron chi connectivity index (χ1n) is 8.30. The molecular weight excluding hydrogens is 284 g/mol. The Morgan fingerprint density at radius 3 is 2.41 bits per heavy atom. The van der Waals surface area contributed by atoms with E-state index in [1.54, 1.807) is 6.92 Å². The van der Waals surface area contributed by atoms with E-state index in [0.29, 0.717) is 25.2 Å². The molecular formula is C16H26N2O4. The molecule has 3 atom stereocenters. The SMILES string of the molecule is C[C@H](NC(=O)CC1CCCC1)C(=O)N[C@H]1CCC[C@H]1C(=O)O. The quantitative estimate of drug-likeness (QED) is 0.692. The summed E-state index contributed by atoms with van der Waals surface area (Å²) in [6, 6.07) is -0.942. The van der Waals surface area contributed by atoms with Gasteiger partial charge in [-0.3, -0.25) is 14.4 Å². The van der Waals surface area contributed by atoms with E-state index >= 15 is 0 Å². The zero-order chi connectivity index (χ0) is 16.1. The average Bonchev–Trinajstić information content (AvgIpc) is 3.09. The highest BCUT2D eigenvalue weighted by Gasteiger charge is 2.34. The van der Waals surface area contributed by atoms with Gasteiger partial charge in [0, 0.05) is 12.5 Å². The number of carboxylic acids is 1. The standard InChI is InChI=1S/C16H26N2O4/c1-10(17-14(19)9-11-5-2-3-6-11)15(20)18-13-8-4-7-12(13)16(21)22/h10-13H,2-9H2,1H3,(H,17,19)(H,18,20)(H,21,22)/t10-,12+,13-/m0/s1. The molecule has 0 radical (unpaired) electrons. The molecule has 6 nitrogen and oxygen atoms in total. The zero-order valence-electron chi connectivity index (χ0n) is 13.1. The molecule has 0 heterocycles. The zero-order valence-corrected chi connectivity index (χ0v) is 13.1. The molecule has 6 heteroatoms. The number of aliphatic carboxylic acids is 1. The maximum Gasteiger partial charge on any atom is 0.308 e. The molecule has 2 aliphatic rings. The van der Waals surface area contributed by atoms with E-state index in [-0.39, 0.29) is 17.9 Å². The van der Waals surface area contributed by atoms with Crippen LogP contribution in [0.5, 0.6) is 0 Å². The third-order valence-corrected chi connectivity index (χ3v) is 4.88. The van der Waals surface area contributed by atoms with Crippen LogP contribution in [0.1, 0.15) is 58.3 Å². The average molecular weight is 310 g/mol. The molecule has 3 N–H and O–H groups in total. The van der Waals surface area contributed by atoms with Gasteiger partial charge >= 0.3 is 5.97 Å². The number of carbonyl (C=O) groups excluding carboxylic acids is 2. The van der Waals surface area contributed by atoms with Gasteiger partial charge in [0.05, 0.1) is 5.92 Å². The summed E-state index contributed by atoms with van der Waals surface area (Å²) >= 11 is 0. The van der Waals surface area contributed by atoms with E-state index in [4.69, 9.17) is 5.11 Å². The number of hydrogen-bond donors (Lipinski definition) is 3. The summed E-state index contributed by atoms with van der Waals surface area (Å²) in [5.74, 6) is -1.30. The maximum atomic E-state index is 12.1. The van der Waals surface area contributed by atoms with E-state index < -0.39 is 17.9 Å². The van der Waals surface area contributed by atoms with Crippen molar-refractivity contribution in [1.29, 1.82) is 0 Å². The van der Waals surface area contributed by atoms with Gasteiger partial charge in [-0.25, -0.2) is 0 Å². The molecule has 0 aromatic carbocycles. The van der Waals surface area contributed by atoms with Crippen molar-refractivity contribution in [2.24, 2.45) is 11.8 Å². The van der Waals surface area contributed by atoms with Crippen LogP contribution in [0.2, 0.25) is 0 Å². The summed E-state index contributed by atoms with van der Waals surface area (Å²) in [5, 5.41) is 14.6. The smallest absolute Gasteiger partial charge is 0.308 e. The van der Waals surface area contributed by atoms with Crippen LogP contribution in [0.15, 0.2) is 0 Å². The Kier molecular flexibility index (Phi) is 5.80. The van der Waals surface area contributed by atoms with E-state index in [0.717, 1.165) is 19.3 Å². The molecule has 2 aliphatic carbocycles. The maximum absolute atomic E-state index is 12.1. The Morgan fingerprint density at radius 1 is 1.09 bits per heavy atom. The largest absolute Gasteiger partial charge is 0.481 e. The molecule has 0 saturated heterocycles. The van der Waals surface area contributed by atoms with Gasteiger partial charge in [0.15, 0.2) is 0 Å². The molecule has 2 saturated carbocycles. The molecule has 2 fully saturated rings. The number of rotatable bonds is 6. The highest BCUT2D eigenvalue weighted by molar-refractivity contribution is 5.88. The summed E-state index contributed by atoms with van der Waals surface area (Å²) in [7, 11) is 0. The van der Waals surface area contributed by atoms with Crippen molar-refractivity contribution >= 4 is 17.8 Å². The first-order chi connectivity index (χ1) is 10.5. The van der Waals surface area contributed by atoms with E-state index in [2.05, 4.69) is 10.6 Å². The van der Waals surface area contributed by atoms with Gasteiger partial charge in [-0.15, -0.1) is 0 Å². The molecule has 124 valence electrons. The number of carboxylic acid groups (broad SMARTS) is 1. The molecule has 2 rings (SSSR count). The van der Waals surface area contributed by atoms with Crippen molar-refractivity contribution in [3.63, 3.8) is 0 Å². The lowest BCUT2D eigenvalue weighted by molar-refractivity contribution is -0.142. The summed E-state index contributed by atoms with van der Waals surface area (Å²) in [5.41, 5.74) is 0. The third kappa shape index (κ3) is 4.45. The predicted molar refractivity (Wildman–Crippen MR) is 81.1 cm³/mol. The minimum atomic E-state index is -0.860. The second kappa shape index (κ2) is 7.61. The Labute approximate surface area is 131 Å². The summed E-state index contributed by atoms with van der Waals surface area (Å²) in [4.78, 5) is 35.2. The minimum Gasteiger partial charge on any atom is -0.481 e. The molecule has 0 bridgehead atoms. The first-order valence-corrected chi connectivity index (χ1v) is 8.30. The fourth-order valence-corrected chi connectivity index (χ4v) is 3.58. The lowest BCUT2D eigenvalue weighted by atomic mass is 10.0. The van der Waals surface area contributed by atoms with Gasteiger partial charge in [0.2, 0.25) is 11.8 Å². The van der Waals surface area contributed by atoms with E-state index in [9.17, 15) is 14.4 Å². The lowest BCUT2D eigenvalue weighted by Crippen LogP contribution is -2.50. The molecule has 0 unspecified atom stereocenters. The van der Waals surface area contributed by atoms with Crippen LogP contribution in [0.4, 0.5) is 0 Å². The van der Waals surface area contributed by atoms with Crippen LogP contribution in [-0.2, 0) is 14.4 Å². The summed E-state index contributed by atoms with van der Waals surface area (Å²) < 4.78 is 0. The van der Waals surface area contributed by atoms with Gasteiger partial charge in [-0.1, -0.05) is 19.3 Å². The monoisotopic (exact) mass is 310 g/mol. The van der Waals surface area contributed by atoms with Gasteiger partial charge in [0.1, 0.15) is 6.04 Å². The van der Waals surface area contributed by atoms with Gasteiger partial charge in [0.25, 0.3) is 0 Å². The van der Waals surface area contributed by atoms with Crippen molar-refractivity contribution < 1.29 is 19.5 Å². The Balaban J connectivity index is 1.76. The van der Waals surface area contributed by atoms with Crippen molar-refractivity contribution in [3.05, 3.63) is 0 Å². The Bertz CT molecular complexity index is 432. The van der Waals surface area contributed by atoms with Gasteiger partial charge in [-0.05, 0) is 38.5 Å². The fourth-order valence-electron chi connectivity index (χ4n) is 3.58. The predicted octanol–water partition coefficient (Wildman–Crippen LogP) is 1.44. The van der Waals surface area contributed by atoms with Crippen molar-refractivity contribution in [1.82, 2.24) is 10.6 Å². The summed E-state index contributed by atoms with van der Waals surface area (Å²) in [6.45, 7) is 1.65. The second-order valence-corrected chi connectivity index (χ2v) is 6.63. The second-order valence-electron chi connectivity index (χ2n) is 6.63. The number of amides is 2. The lowest BCUT2D eigenvalue weighted by Gasteiger charge is -2.21.